The molecule has 0 amide bonds. The number of hydrogen-bond acceptors (Lipinski definition) is 2. The molecule has 0 atom stereocenters. The number of fused-ring (bicyclic) bond motifs is 1. The average molecular weight is 246 g/mol. The van der Waals surface area contributed by atoms with Gasteiger partial charge in [0.05, 0.1) is 5.56 Å². The van der Waals surface area contributed by atoms with E-state index in [9.17, 15) is 8.78 Å². The van der Waals surface area contributed by atoms with E-state index in [1.807, 2.05) is 13.8 Å². The van der Waals surface area contributed by atoms with Crippen LogP contribution in [-0.2, 0) is 0 Å². The molecule has 92 valence electrons. The third-order valence-electron chi connectivity index (χ3n) is 2.92. The van der Waals surface area contributed by atoms with Crippen LogP contribution in [0.2, 0.25) is 0 Å². The number of rotatable bonds is 1. The molecule has 0 radical (unpaired) electrons. The Morgan fingerprint density at radius 2 is 1.89 bits per heavy atom. The van der Waals surface area contributed by atoms with Gasteiger partial charge in [0, 0.05) is 11.1 Å². The molecular formula is C14H12F2N2. The van der Waals surface area contributed by atoms with Crippen molar-refractivity contribution in [2.75, 3.05) is 5.73 Å². The smallest absolute Gasteiger partial charge is 0.177 e. The van der Waals surface area contributed by atoms with E-state index in [1.165, 1.54) is 0 Å². The van der Waals surface area contributed by atoms with Crippen molar-refractivity contribution < 1.29 is 8.78 Å². The zero-order valence-electron chi connectivity index (χ0n) is 10.1. The third kappa shape index (κ3) is 1.78. The van der Waals surface area contributed by atoms with Crippen molar-refractivity contribution >= 4 is 16.5 Å². The molecule has 0 aromatic heterocycles. The molecule has 0 fully saturated rings. The molecule has 4 heteroatoms. The summed E-state index contributed by atoms with van der Waals surface area (Å²) in [4.78, 5) is 0. The standard InChI is InChI=1S/C14H12F2N2/c1-7(2)10-5-9(18)3-8-4-12(15)14(16)11(6-17)13(8)10/h3-5,7H,18H2,1-2H3. The number of nitrogens with zero attached hydrogens (tertiary/aromatic N) is 1. The maximum absolute atomic E-state index is 13.6. The monoisotopic (exact) mass is 246 g/mol. The Kier molecular flexibility index (Phi) is 2.92. The van der Waals surface area contributed by atoms with E-state index in [-0.39, 0.29) is 11.5 Å². The summed E-state index contributed by atoms with van der Waals surface area (Å²) in [7, 11) is 0. The molecule has 18 heavy (non-hydrogen) atoms. The molecule has 2 rings (SSSR count). The summed E-state index contributed by atoms with van der Waals surface area (Å²) in [6, 6.07) is 6.06. The van der Waals surface area contributed by atoms with E-state index in [1.54, 1.807) is 18.2 Å². The topological polar surface area (TPSA) is 49.8 Å². The molecule has 2 aromatic carbocycles. The molecule has 0 saturated carbocycles. The first-order chi connectivity index (χ1) is 8.45. The highest BCUT2D eigenvalue weighted by Crippen LogP contribution is 2.33. The van der Waals surface area contributed by atoms with Crippen molar-refractivity contribution in [1.29, 1.82) is 5.26 Å². The fourth-order valence-corrected chi connectivity index (χ4v) is 2.10. The Labute approximate surface area is 104 Å². The number of halogens is 2. The molecule has 0 aliphatic rings. The van der Waals surface area contributed by atoms with Crippen LogP contribution in [0.3, 0.4) is 0 Å². The average Bonchev–Trinajstić information content (AvgIpc) is 2.30. The van der Waals surface area contributed by atoms with Crippen LogP contribution in [0.1, 0.15) is 30.9 Å². The van der Waals surface area contributed by atoms with E-state index < -0.39 is 11.6 Å². The molecule has 2 N–H and O–H groups in total. The van der Waals surface area contributed by atoms with Gasteiger partial charge in [0.2, 0.25) is 0 Å². The van der Waals surface area contributed by atoms with E-state index in [0.29, 0.717) is 16.5 Å². The van der Waals surface area contributed by atoms with Gasteiger partial charge < -0.3 is 5.73 Å². The van der Waals surface area contributed by atoms with E-state index in [0.717, 1.165) is 11.6 Å². The Morgan fingerprint density at radius 1 is 1.22 bits per heavy atom. The van der Waals surface area contributed by atoms with Gasteiger partial charge in [0.25, 0.3) is 0 Å². The number of nitrogens with two attached hydrogens (primary N) is 1. The predicted octanol–water partition coefficient (Wildman–Crippen LogP) is 3.70. The molecular weight excluding hydrogens is 234 g/mol. The van der Waals surface area contributed by atoms with Crippen molar-refractivity contribution in [1.82, 2.24) is 0 Å². The number of nitrogen functional groups attached to an aromatic ring is 1. The second-order valence-electron chi connectivity index (χ2n) is 4.52. The van der Waals surface area contributed by atoms with Crippen LogP contribution in [-0.4, -0.2) is 0 Å². The van der Waals surface area contributed by atoms with Gasteiger partial charge >= 0.3 is 0 Å². The van der Waals surface area contributed by atoms with Gasteiger partial charge in [-0.25, -0.2) is 8.78 Å². The SMILES string of the molecule is CC(C)c1cc(N)cc2cc(F)c(F)c(C#N)c12. The lowest BCUT2D eigenvalue weighted by Gasteiger charge is -2.13. The fourth-order valence-electron chi connectivity index (χ4n) is 2.10. The van der Waals surface area contributed by atoms with Crippen LogP contribution in [0.4, 0.5) is 14.5 Å². The Morgan fingerprint density at radius 3 is 2.44 bits per heavy atom. The summed E-state index contributed by atoms with van der Waals surface area (Å²) in [6.07, 6.45) is 0. The van der Waals surface area contributed by atoms with Crippen molar-refractivity contribution in [3.05, 3.63) is 41.0 Å². The van der Waals surface area contributed by atoms with Crippen LogP contribution in [0.5, 0.6) is 0 Å². The largest absolute Gasteiger partial charge is 0.399 e. The molecule has 0 bridgehead atoms. The van der Waals surface area contributed by atoms with Crippen molar-refractivity contribution in [3.63, 3.8) is 0 Å². The summed E-state index contributed by atoms with van der Waals surface area (Å²) in [6.45, 7) is 3.83. The maximum Gasteiger partial charge on any atom is 0.177 e. The third-order valence-corrected chi connectivity index (χ3v) is 2.92. The zero-order chi connectivity index (χ0) is 13.4. The number of anilines is 1. The Balaban J connectivity index is 3.03. The summed E-state index contributed by atoms with van der Waals surface area (Å²) >= 11 is 0. The molecule has 0 heterocycles. The highest BCUT2D eigenvalue weighted by Gasteiger charge is 2.17. The van der Waals surface area contributed by atoms with E-state index in [4.69, 9.17) is 11.0 Å². The van der Waals surface area contributed by atoms with Gasteiger partial charge in [0.1, 0.15) is 6.07 Å². The number of benzene rings is 2. The first-order valence-electron chi connectivity index (χ1n) is 5.57. The van der Waals surface area contributed by atoms with Gasteiger partial charge in [-0.05, 0) is 35.1 Å². The van der Waals surface area contributed by atoms with Crippen molar-refractivity contribution in [2.24, 2.45) is 0 Å². The van der Waals surface area contributed by atoms with E-state index >= 15 is 0 Å². The molecule has 2 nitrogen and oxygen atoms in total. The highest BCUT2D eigenvalue weighted by atomic mass is 19.2. The van der Waals surface area contributed by atoms with Crippen LogP contribution in [0, 0.1) is 23.0 Å². The molecule has 0 aliphatic carbocycles. The van der Waals surface area contributed by atoms with Gasteiger partial charge in [0.15, 0.2) is 11.6 Å². The fraction of sp³-hybridized carbons (Fsp3) is 0.214. The molecule has 0 unspecified atom stereocenters. The van der Waals surface area contributed by atoms with Gasteiger partial charge in [-0.3, -0.25) is 0 Å². The van der Waals surface area contributed by atoms with Crippen molar-refractivity contribution in [3.8, 4) is 6.07 Å². The summed E-state index contributed by atoms with van der Waals surface area (Å²) in [5, 5.41) is 9.93. The lowest BCUT2D eigenvalue weighted by molar-refractivity contribution is 0.508. The minimum absolute atomic E-state index is 0.0629. The zero-order valence-corrected chi connectivity index (χ0v) is 10.1. The molecule has 0 spiro atoms. The number of nitriles is 1. The summed E-state index contributed by atoms with van der Waals surface area (Å²) in [5.41, 5.74) is 6.71. The van der Waals surface area contributed by atoms with E-state index in [2.05, 4.69) is 0 Å². The van der Waals surface area contributed by atoms with Gasteiger partial charge in [-0.2, -0.15) is 5.26 Å². The van der Waals surface area contributed by atoms with Crippen LogP contribution < -0.4 is 5.73 Å². The molecule has 0 saturated heterocycles. The second kappa shape index (κ2) is 4.26. The van der Waals surface area contributed by atoms with Crippen LogP contribution in [0.15, 0.2) is 18.2 Å². The van der Waals surface area contributed by atoms with Crippen molar-refractivity contribution in [2.45, 2.75) is 19.8 Å². The van der Waals surface area contributed by atoms with Gasteiger partial charge in [-0.1, -0.05) is 13.8 Å². The summed E-state index contributed by atoms with van der Waals surface area (Å²) in [5.74, 6) is -2.07. The predicted molar refractivity (Wildman–Crippen MR) is 67.1 cm³/mol. The number of hydrogen-bond donors (Lipinski definition) is 1. The minimum atomic E-state index is -1.10. The molecule has 0 aliphatic heterocycles. The lowest BCUT2D eigenvalue weighted by Crippen LogP contribution is -1.99. The quantitative estimate of drug-likeness (QED) is 0.780. The maximum atomic E-state index is 13.6. The minimum Gasteiger partial charge on any atom is -0.399 e. The first kappa shape index (κ1) is 12.3. The highest BCUT2D eigenvalue weighted by molar-refractivity contribution is 5.93. The first-order valence-corrected chi connectivity index (χ1v) is 5.57. The van der Waals surface area contributed by atoms with Gasteiger partial charge in [-0.15, -0.1) is 0 Å². The normalized spacial score (nSPS) is 10.9. The second-order valence-corrected chi connectivity index (χ2v) is 4.52. The Bertz CT molecular complexity index is 670. The summed E-state index contributed by atoms with van der Waals surface area (Å²) < 4.78 is 27.0. The van der Waals surface area contributed by atoms with Crippen LogP contribution in [0.25, 0.3) is 10.8 Å². The Hall–Kier alpha value is -2.15. The van der Waals surface area contributed by atoms with Crippen LogP contribution >= 0.6 is 0 Å². The lowest BCUT2D eigenvalue weighted by atomic mass is 9.92. The molecule has 2 aromatic rings.